The summed E-state index contributed by atoms with van der Waals surface area (Å²) >= 11 is 0.874. The number of thiazole rings is 1. The zero-order chi connectivity index (χ0) is 50.0. The van der Waals surface area contributed by atoms with Crippen LogP contribution in [0.2, 0.25) is 0 Å². The minimum atomic E-state index is -5.11. The zero-order valence-electron chi connectivity index (χ0n) is 39.1. The summed E-state index contributed by atoms with van der Waals surface area (Å²) in [5, 5.41) is 31.3. The van der Waals surface area contributed by atoms with Gasteiger partial charge in [-0.2, -0.15) is 18.2 Å². The molecule has 4 heterocycles. The molecule has 0 radical (unpaired) electrons. The molecule has 24 nitrogen and oxygen atoms in total. The second-order valence-electron chi connectivity index (χ2n) is 19.4. The van der Waals surface area contributed by atoms with Gasteiger partial charge in [-0.15, -0.1) is 20.3 Å². The van der Waals surface area contributed by atoms with Crippen LogP contribution >= 0.6 is 11.3 Å². The topological polar surface area (TPSA) is 300 Å². The van der Waals surface area contributed by atoms with Crippen molar-refractivity contribution >= 4 is 73.5 Å². The SMILES string of the molecule is CC(C)(C)OC(=O)Nc1nc(C(=NOC(COc2ccc3c(c2)cn(CC2CN(C(=O)OC(C)(C)C)C2)[n+]3CC(O)CO)C(=O)OC(C)(C)C)C(=O)NC2C(=O)N(OS(=O)(=O)O)C2(C)C)cs1. The molecule has 2 fully saturated rings. The first-order valence-electron chi connectivity index (χ1n) is 21.0. The van der Waals surface area contributed by atoms with Gasteiger partial charge in [-0.1, -0.05) is 5.16 Å². The molecule has 67 heavy (non-hydrogen) atoms. The lowest BCUT2D eigenvalue weighted by Gasteiger charge is -2.50. The van der Waals surface area contributed by atoms with E-state index in [0.29, 0.717) is 35.6 Å². The molecule has 3 atom stereocenters. The molecule has 2 aliphatic heterocycles. The average molecular weight is 984 g/mol. The Kier molecular flexibility index (Phi) is 15.5. The highest BCUT2D eigenvalue weighted by Crippen LogP contribution is 2.33. The van der Waals surface area contributed by atoms with Crippen molar-refractivity contribution in [1.29, 1.82) is 0 Å². The Morgan fingerprint density at radius 2 is 1.66 bits per heavy atom. The number of hydrogen-bond donors (Lipinski definition) is 5. The van der Waals surface area contributed by atoms with Gasteiger partial charge in [-0.3, -0.25) is 19.5 Å². The predicted molar refractivity (Wildman–Crippen MR) is 237 cm³/mol. The minimum absolute atomic E-state index is 0.0311. The first kappa shape index (κ1) is 52.3. The van der Waals surface area contributed by atoms with E-state index in [0.717, 1.165) is 11.3 Å². The number of benzene rings is 1. The van der Waals surface area contributed by atoms with E-state index >= 15 is 0 Å². The lowest BCUT2D eigenvalue weighted by atomic mass is 9.84. The van der Waals surface area contributed by atoms with Gasteiger partial charge in [-0.25, -0.2) is 19.4 Å². The molecular weight excluding hydrogens is 925 g/mol. The second kappa shape index (κ2) is 19.9. The van der Waals surface area contributed by atoms with Gasteiger partial charge in [0.15, 0.2) is 10.8 Å². The molecule has 0 aliphatic carbocycles. The molecule has 2 aliphatic rings. The van der Waals surface area contributed by atoms with Gasteiger partial charge in [0.25, 0.3) is 17.9 Å². The number of nitrogens with zero attached hydrogens (tertiary/aromatic N) is 6. The van der Waals surface area contributed by atoms with Crippen LogP contribution in [-0.4, -0.2) is 145 Å². The fourth-order valence-electron chi connectivity index (χ4n) is 6.62. The molecule has 3 unspecified atom stereocenters. The fraction of sp³-hybridized carbons (Fsp3) is 0.610. The van der Waals surface area contributed by atoms with Crippen molar-refractivity contribution in [3.8, 4) is 5.75 Å². The van der Waals surface area contributed by atoms with Crippen LogP contribution in [-0.2, 0) is 61.2 Å². The molecule has 4 amide bonds. The highest BCUT2D eigenvalue weighted by atomic mass is 32.3. The Balaban J connectivity index is 1.41. The van der Waals surface area contributed by atoms with E-state index < -0.39 is 99.9 Å². The van der Waals surface area contributed by atoms with Crippen LogP contribution in [0.4, 0.5) is 14.7 Å². The number of hydroxylamine groups is 2. The van der Waals surface area contributed by atoms with Gasteiger partial charge < -0.3 is 44.2 Å². The summed E-state index contributed by atoms with van der Waals surface area (Å²) in [6.07, 6.45) is -2.16. The van der Waals surface area contributed by atoms with E-state index in [9.17, 15) is 47.2 Å². The second-order valence-corrected chi connectivity index (χ2v) is 21.2. The Morgan fingerprint density at radius 1 is 1.01 bits per heavy atom. The Bertz CT molecular complexity index is 2480. The van der Waals surface area contributed by atoms with Crippen LogP contribution in [0.5, 0.6) is 5.75 Å². The summed E-state index contributed by atoms with van der Waals surface area (Å²) in [6.45, 7) is 18.3. The molecule has 1 aromatic carbocycles. The standard InChI is InChI=1S/C41H58N8O16S2/c1-38(2,3)61-34(54)29(21-60-26-12-13-28-24(14-26)18-47(48(28)19-25(51)20-50)17-23-15-46(16-23)37(56)63-40(7,8)9)64-45-30(27-22-66-35(42-27)44-36(55)62-39(4,5)6)32(52)43-31-33(53)49(41(31,10)11)65-67(57,58)59/h12-14,18,22-23,25,29,31,50-51H,15-17,19-21H2,1-11H3,(H2-,42,43,44,52,55,57,58,59)/p+1. The van der Waals surface area contributed by atoms with Crippen LogP contribution in [0.1, 0.15) is 81.9 Å². The lowest BCUT2D eigenvalue weighted by Crippen LogP contribution is -2.76. The first-order chi connectivity index (χ1) is 30.8. The summed E-state index contributed by atoms with van der Waals surface area (Å²) in [4.78, 5) is 77.1. The summed E-state index contributed by atoms with van der Waals surface area (Å²) in [5.41, 5.74) is -4.16. The molecule has 2 saturated heterocycles. The summed E-state index contributed by atoms with van der Waals surface area (Å²) < 4.78 is 62.4. The molecule has 0 spiro atoms. The highest BCUT2D eigenvalue weighted by Gasteiger charge is 2.58. The normalized spacial score (nSPS) is 17.8. The van der Waals surface area contributed by atoms with Gasteiger partial charge in [-0.05, 0) is 88.3 Å². The molecule has 0 bridgehead atoms. The van der Waals surface area contributed by atoms with Crippen molar-refractivity contribution < 1.29 is 79.9 Å². The van der Waals surface area contributed by atoms with Crippen molar-refractivity contribution in [2.45, 2.75) is 130 Å². The Labute approximate surface area is 390 Å². The van der Waals surface area contributed by atoms with Gasteiger partial charge in [0, 0.05) is 30.5 Å². The molecule has 5 N–H and O–H groups in total. The van der Waals surface area contributed by atoms with Crippen molar-refractivity contribution in [3.05, 3.63) is 35.5 Å². The third-order valence-electron chi connectivity index (χ3n) is 9.56. The number of aliphatic hydroxyl groups excluding tert-OH is 2. The van der Waals surface area contributed by atoms with Crippen LogP contribution < -0.4 is 20.1 Å². The fourth-order valence-corrected chi connectivity index (χ4v) is 7.75. The number of anilines is 1. The number of rotatable bonds is 17. The number of likely N-dealkylation sites (tertiary alicyclic amines) is 1. The number of carbonyl (C=O) groups is 5. The number of aromatic nitrogens is 3. The van der Waals surface area contributed by atoms with Gasteiger partial charge in [0.2, 0.25) is 12.1 Å². The molecule has 5 rings (SSSR count). The van der Waals surface area contributed by atoms with E-state index in [4.69, 9.17) is 23.8 Å². The molecular formula is C41H59N8O16S2+. The number of oxime groups is 1. The summed E-state index contributed by atoms with van der Waals surface area (Å²) in [6, 6.07) is 3.58. The maximum Gasteiger partial charge on any atom is 0.418 e. The molecule has 0 saturated carbocycles. The third-order valence-corrected chi connectivity index (χ3v) is 10.7. The summed E-state index contributed by atoms with van der Waals surface area (Å²) in [5.74, 6) is -2.76. The van der Waals surface area contributed by atoms with E-state index in [2.05, 4.69) is 25.1 Å². The van der Waals surface area contributed by atoms with E-state index in [1.165, 1.54) is 19.2 Å². The Morgan fingerprint density at radius 3 is 2.24 bits per heavy atom. The number of carbonyl (C=O) groups excluding carboxylic acids is 5. The monoisotopic (exact) mass is 983 g/mol. The van der Waals surface area contributed by atoms with Crippen molar-refractivity contribution in [2.24, 2.45) is 11.1 Å². The van der Waals surface area contributed by atoms with Gasteiger partial charge in [0.1, 0.15) is 47.0 Å². The van der Waals surface area contributed by atoms with Crippen LogP contribution in [0, 0.1) is 5.92 Å². The number of aliphatic hydroxyl groups is 2. The molecule has 370 valence electrons. The molecule has 26 heteroatoms. The highest BCUT2D eigenvalue weighted by molar-refractivity contribution is 7.80. The molecule has 3 aromatic rings. The number of nitrogens with one attached hydrogen (secondary N) is 2. The van der Waals surface area contributed by atoms with E-state index in [-0.39, 0.29) is 29.0 Å². The van der Waals surface area contributed by atoms with Crippen molar-refractivity contribution in [3.63, 3.8) is 0 Å². The van der Waals surface area contributed by atoms with E-state index in [1.54, 1.807) is 90.1 Å². The zero-order valence-corrected chi connectivity index (χ0v) is 40.7. The van der Waals surface area contributed by atoms with Crippen molar-refractivity contribution in [1.82, 2.24) is 24.9 Å². The van der Waals surface area contributed by atoms with Crippen molar-refractivity contribution in [2.75, 3.05) is 31.6 Å². The third kappa shape index (κ3) is 14.2. The van der Waals surface area contributed by atoms with Gasteiger partial charge in [0.05, 0.1) is 30.3 Å². The van der Waals surface area contributed by atoms with Crippen LogP contribution in [0.3, 0.4) is 0 Å². The maximum atomic E-state index is 14.0. The number of esters is 1. The number of hydrogen-bond acceptors (Lipinski definition) is 18. The quantitative estimate of drug-likeness (QED) is 0.0247. The number of amides is 4. The first-order valence-corrected chi connectivity index (χ1v) is 23.2. The smallest absolute Gasteiger partial charge is 0.418 e. The average Bonchev–Trinajstić information content (AvgIpc) is 3.75. The molecule has 2 aromatic heterocycles. The Hall–Kier alpha value is -5.67. The number of fused-ring (bicyclic) bond motifs is 1. The number of ether oxygens (including phenoxy) is 4. The maximum absolute atomic E-state index is 14.0. The van der Waals surface area contributed by atoms with E-state index in [1.807, 2.05) is 10.9 Å². The lowest BCUT2D eigenvalue weighted by molar-refractivity contribution is -0.759. The van der Waals surface area contributed by atoms with Crippen LogP contribution in [0.25, 0.3) is 10.9 Å². The minimum Gasteiger partial charge on any atom is -0.489 e. The number of β-lactam (4-membered cyclic amide) rings is 1. The largest absolute Gasteiger partial charge is 0.489 e. The van der Waals surface area contributed by atoms with Crippen LogP contribution in [0.15, 0.2) is 34.9 Å². The predicted octanol–water partition coefficient (Wildman–Crippen LogP) is 2.30. The van der Waals surface area contributed by atoms with Gasteiger partial charge >= 0.3 is 28.6 Å². The summed E-state index contributed by atoms with van der Waals surface area (Å²) in [7, 11) is -5.11.